The molecule has 2 aromatic rings. The topological polar surface area (TPSA) is 76.2 Å². The smallest absolute Gasteiger partial charge is 0.243 e. The fourth-order valence-electron chi connectivity index (χ4n) is 3.83. The highest BCUT2D eigenvalue weighted by atomic mass is 32.2. The first-order chi connectivity index (χ1) is 14.8. The molecule has 0 saturated carbocycles. The van der Waals surface area contributed by atoms with Crippen molar-refractivity contribution in [2.75, 3.05) is 38.8 Å². The van der Waals surface area contributed by atoms with Gasteiger partial charge in [0.15, 0.2) is 0 Å². The highest BCUT2D eigenvalue weighted by Gasteiger charge is 2.35. The zero-order chi connectivity index (χ0) is 22.6. The summed E-state index contributed by atoms with van der Waals surface area (Å²) < 4.78 is 38.7. The molecule has 168 valence electrons. The molecule has 0 radical (unpaired) electrons. The van der Waals surface area contributed by atoms with Crippen LogP contribution in [0.2, 0.25) is 0 Å². The predicted octanol–water partition coefficient (Wildman–Crippen LogP) is 3.47. The third-order valence-corrected chi connectivity index (χ3v) is 7.45. The Labute approximate surface area is 184 Å². The van der Waals surface area contributed by atoms with E-state index in [9.17, 15) is 13.2 Å². The molecule has 0 N–H and O–H groups in total. The van der Waals surface area contributed by atoms with Gasteiger partial charge in [-0.05, 0) is 62.6 Å². The van der Waals surface area contributed by atoms with Crippen LogP contribution in [-0.2, 0) is 14.8 Å². The molecule has 1 heterocycles. The summed E-state index contributed by atoms with van der Waals surface area (Å²) in [5, 5.41) is 0. The second kappa shape index (κ2) is 9.70. The van der Waals surface area contributed by atoms with Crippen molar-refractivity contribution in [1.29, 1.82) is 0 Å². The summed E-state index contributed by atoms with van der Waals surface area (Å²) in [7, 11) is -0.411. The van der Waals surface area contributed by atoms with Crippen LogP contribution in [0, 0.1) is 12.8 Å². The molecule has 3 rings (SSSR count). The number of aryl methyl sites for hydroxylation is 1. The molecular weight excluding hydrogens is 416 g/mol. The highest BCUT2D eigenvalue weighted by Crippen LogP contribution is 2.29. The number of ether oxygens (including phenoxy) is 2. The summed E-state index contributed by atoms with van der Waals surface area (Å²) in [6, 6.07) is 12.2. The van der Waals surface area contributed by atoms with E-state index in [2.05, 4.69) is 0 Å². The maximum Gasteiger partial charge on any atom is 0.243 e. The lowest BCUT2D eigenvalue weighted by Crippen LogP contribution is -2.46. The summed E-state index contributed by atoms with van der Waals surface area (Å²) >= 11 is 0. The first kappa shape index (κ1) is 23.1. The van der Waals surface area contributed by atoms with Gasteiger partial charge in [0, 0.05) is 31.9 Å². The average Bonchev–Trinajstić information content (AvgIpc) is 2.79. The Morgan fingerprint density at radius 2 is 2.00 bits per heavy atom. The molecule has 0 bridgehead atoms. The molecule has 8 heteroatoms. The number of benzene rings is 2. The van der Waals surface area contributed by atoms with E-state index in [0.29, 0.717) is 43.2 Å². The Bertz CT molecular complexity index is 1040. The van der Waals surface area contributed by atoms with Crippen molar-refractivity contribution in [2.24, 2.45) is 5.92 Å². The van der Waals surface area contributed by atoms with Crippen molar-refractivity contribution in [3.8, 4) is 11.5 Å². The lowest BCUT2D eigenvalue weighted by Gasteiger charge is -2.33. The number of nitrogens with zero attached hydrogens (tertiary/aromatic N) is 2. The summed E-state index contributed by atoms with van der Waals surface area (Å²) in [4.78, 5) is 14.9. The van der Waals surface area contributed by atoms with Crippen LogP contribution in [0.4, 0.5) is 5.69 Å². The van der Waals surface area contributed by atoms with Gasteiger partial charge in [0.1, 0.15) is 11.5 Å². The van der Waals surface area contributed by atoms with E-state index in [1.165, 1.54) is 4.31 Å². The first-order valence-electron chi connectivity index (χ1n) is 10.4. The van der Waals surface area contributed by atoms with Gasteiger partial charge in [0.05, 0.1) is 24.5 Å². The fourth-order valence-corrected chi connectivity index (χ4v) is 5.44. The fraction of sp³-hybridized carbons (Fsp3) is 0.435. The van der Waals surface area contributed by atoms with Crippen LogP contribution >= 0.6 is 0 Å². The second-order valence-corrected chi connectivity index (χ2v) is 9.60. The van der Waals surface area contributed by atoms with Crippen LogP contribution in [0.1, 0.15) is 25.3 Å². The highest BCUT2D eigenvalue weighted by molar-refractivity contribution is 7.89. The van der Waals surface area contributed by atoms with Gasteiger partial charge in [-0.15, -0.1) is 0 Å². The Hall–Kier alpha value is -2.58. The zero-order valence-corrected chi connectivity index (χ0v) is 19.3. The Balaban J connectivity index is 1.77. The standard InChI is InChI=1S/C23H30N2O5S/c1-5-30-22-12-11-21(14-17(22)2)31(27,28)25-13-7-8-18(16-25)23(26)24(3)19-9-6-10-20(15-19)29-4/h6,9-12,14-15,18H,5,7-8,13,16H2,1-4H3/t18-/m1/s1. The molecule has 1 atom stereocenters. The summed E-state index contributed by atoms with van der Waals surface area (Å²) in [5.41, 5.74) is 1.48. The summed E-state index contributed by atoms with van der Waals surface area (Å²) in [6.45, 7) is 4.81. The van der Waals surface area contributed by atoms with E-state index in [1.807, 2.05) is 32.0 Å². The van der Waals surface area contributed by atoms with E-state index < -0.39 is 15.9 Å². The number of amides is 1. The van der Waals surface area contributed by atoms with Gasteiger partial charge >= 0.3 is 0 Å². The van der Waals surface area contributed by atoms with Gasteiger partial charge < -0.3 is 14.4 Å². The number of hydrogen-bond acceptors (Lipinski definition) is 5. The molecule has 31 heavy (non-hydrogen) atoms. The molecule has 0 aliphatic carbocycles. The molecule has 0 aromatic heterocycles. The van der Waals surface area contributed by atoms with Gasteiger partial charge in [-0.1, -0.05) is 6.07 Å². The van der Waals surface area contributed by atoms with E-state index in [0.717, 1.165) is 5.56 Å². The number of methoxy groups -OCH3 is 1. The lowest BCUT2D eigenvalue weighted by molar-refractivity contribution is -0.123. The molecule has 2 aromatic carbocycles. The van der Waals surface area contributed by atoms with Gasteiger partial charge in [0.25, 0.3) is 0 Å². The maximum absolute atomic E-state index is 13.2. The number of carbonyl (C=O) groups is 1. The SMILES string of the molecule is CCOc1ccc(S(=O)(=O)N2CCC[C@@H](C(=O)N(C)c3cccc(OC)c3)C2)cc1C. The average molecular weight is 447 g/mol. The number of sulfonamides is 1. The largest absolute Gasteiger partial charge is 0.497 e. The molecule has 1 aliphatic rings. The number of anilines is 1. The van der Waals surface area contributed by atoms with Crippen LogP contribution in [0.3, 0.4) is 0 Å². The lowest BCUT2D eigenvalue weighted by atomic mass is 9.98. The van der Waals surface area contributed by atoms with Gasteiger partial charge in [-0.3, -0.25) is 4.79 Å². The van der Waals surface area contributed by atoms with Crippen LogP contribution in [0.15, 0.2) is 47.4 Å². The maximum atomic E-state index is 13.2. The van der Waals surface area contributed by atoms with Crippen LogP contribution < -0.4 is 14.4 Å². The molecule has 0 unspecified atom stereocenters. The number of carbonyl (C=O) groups excluding carboxylic acids is 1. The molecule has 1 fully saturated rings. The third kappa shape index (κ3) is 5.02. The van der Waals surface area contributed by atoms with Crippen LogP contribution in [-0.4, -0.2) is 52.5 Å². The van der Waals surface area contributed by atoms with Crippen molar-refractivity contribution in [2.45, 2.75) is 31.6 Å². The minimum Gasteiger partial charge on any atom is -0.497 e. The second-order valence-electron chi connectivity index (χ2n) is 7.66. The normalized spacial score (nSPS) is 17.2. The van der Waals surface area contributed by atoms with Crippen molar-refractivity contribution in [3.63, 3.8) is 0 Å². The quantitative estimate of drug-likeness (QED) is 0.651. The molecule has 1 saturated heterocycles. The third-order valence-electron chi connectivity index (χ3n) is 5.59. The minimum absolute atomic E-state index is 0.101. The number of piperidine rings is 1. The van der Waals surface area contributed by atoms with Crippen molar-refractivity contribution < 1.29 is 22.7 Å². The molecule has 0 spiro atoms. The molecular formula is C23H30N2O5S. The van der Waals surface area contributed by atoms with E-state index in [1.54, 1.807) is 43.3 Å². The van der Waals surface area contributed by atoms with E-state index in [-0.39, 0.29) is 17.3 Å². The van der Waals surface area contributed by atoms with E-state index in [4.69, 9.17) is 9.47 Å². The Kier molecular flexibility index (Phi) is 7.23. The Morgan fingerprint density at radius 1 is 1.23 bits per heavy atom. The Morgan fingerprint density at radius 3 is 2.68 bits per heavy atom. The summed E-state index contributed by atoms with van der Waals surface area (Å²) in [5.74, 6) is 0.837. The van der Waals surface area contributed by atoms with Gasteiger partial charge in [0.2, 0.25) is 15.9 Å². The van der Waals surface area contributed by atoms with Gasteiger partial charge in [-0.25, -0.2) is 8.42 Å². The van der Waals surface area contributed by atoms with Crippen LogP contribution in [0.5, 0.6) is 11.5 Å². The molecule has 1 aliphatic heterocycles. The zero-order valence-electron chi connectivity index (χ0n) is 18.5. The molecule has 7 nitrogen and oxygen atoms in total. The molecule has 1 amide bonds. The van der Waals surface area contributed by atoms with Crippen LogP contribution in [0.25, 0.3) is 0 Å². The monoisotopic (exact) mass is 446 g/mol. The predicted molar refractivity (Wildman–Crippen MR) is 120 cm³/mol. The number of rotatable bonds is 7. The summed E-state index contributed by atoms with van der Waals surface area (Å²) in [6.07, 6.45) is 1.29. The first-order valence-corrected chi connectivity index (χ1v) is 11.9. The van der Waals surface area contributed by atoms with Crippen molar-refractivity contribution >= 4 is 21.6 Å². The number of hydrogen-bond donors (Lipinski definition) is 0. The van der Waals surface area contributed by atoms with Crippen molar-refractivity contribution in [3.05, 3.63) is 48.0 Å². The van der Waals surface area contributed by atoms with Crippen molar-refractivity contribution in [1.82, 2.24) is 4.31 Å². The van der Waals surface area contributed by atoms with E-state index >= 15 is 0 Å². The minimum atomic E-state index is -3.70. The van der Waals surface area contributed by atoms with Gasteiger partial charge in [-0.2, -0.15) is 4.31 Å².